The summed E-state index contributed by atoms with van der Waals surface area (Å²) in [5.74, 6) is 2.63. The molecular weight excluding hydrogens is 358 g/mol. The van der Waals surface area contributed by atoms with E-state index in [0.29, 0.717) is 34.9 Å². The maximum absolute atomic E-state index is 12.5. The zero-order valence-corrected chi connectivity index (χ0v) is 17.2. The highest BCUT2D eigenvalue weighted by atomic mass is 32.2. The monoisotopic (exact) mass is 387 g/mol. The summed E-state index contributed by atoms with van der Waals surface area (Å²) in [7, 11) is -1.07. The Kier molecular flexibility index (Phi) is 6.53. The fraction of sp³-hybridized carbons (Fsp3) is 0.500. The van der Waals surface area contributed by atoms with Gasteiger partial charge < -0.3 is 9.73 Å². The smallest absolute Gasteiger partial charge is 0.287 e. The van der Waals surface area contributed by atoms with E-state index in [1.807, 2.05) is 31.2 Å². The van der Waals surface area contributed by atoms with E-state index < -0.39 is 10.8 Å². The minimum absolute atomic E-state index is 0.170. The van der Waals surface area contributed by atoms with E-state index in [0.717, 1.165) is 18.4 Å². The van der Waals surface area contributed by atoms with Crippen molar-refractivity contribution in [3.8, 4) is 0 Å². The first-order valence-corrected chi connectivity index (χ1v) is 11.2. The molecule has 1 fully saturated rings. The van der Waals surface area contributed by atoms with Crippen molar-refractivity contribution in [3.63, 3.8) is 0 Å². The number of nitrogens with one attached hydrogen (secondary N) is 1. The van der Waals surface area contributed by atoms with E-state index in [1.54, 1.807) is 12.1 Å². The van der Waals surface area contributed by atoms with Gasteiger partial charge in [0.1, 0.15) is 5.76 Å². The second kappa shape index (κ2) is 8.87. The molecule has 1 aliphatic carbocycles. The third-order valence-corrected chi connectivity index (χ3v) is 6.92. The van der Waals surface area contributed by atoms with Crippen LogP contribution in [-0.4, -0.2) is 16.2 Å². The number of hydrogen-bond donors (Lipinski definition) is 1. The van der Waals surface area contributed by atoms with E-state index in [4.69, 9.17) is 4.42 Å². The second-order valence-corrected chi connectivity index (χ2v) is 9.28. The highest BCUT2D eigenvalue weighted by Crippen LogP contribution is 2.29. The van der Waals surface area contributed by atoms with Crippen LogP contribution >= 0.6 is 0 Å². The van der Waals surface area contributed by atoms with Crippen LogP contribution in [0, 0.1) is 18.8 Å². The van der Waals surface area contributed by atoms with Gasteiger partial charge in [-0.2, -0.15) is 0 Å². The van der Waals surface area contributed by atoms with E-state index >= 15 is 0 Å². The minimum Gasteiger partial charge on any atom is -0.455 e. The van der Waals surface area contributed by atoms with E-state index in [-0.39, 0.29) is 11.9 Å². The van der Waals surface area contributed by atoms with Crippen LogP contribution in [0.25, 0.3) is 0 Å². The number of aryl methyl sites for hydroxylation is 1. The molecule has 1 aliphatic rings. The van der Waals surface area contributed by atoms with Crippen LogP contribution in [0.5, 0.6) is 0 Å². The average molecular weight is 388 g/mol. The third-order valence-electron chi connectivity index (χ3n) is 5.66. The van der Waals surface area contributed by atoms with E-state index in [2.05, 4.69) is 19.2 Å². The fourth-order valence-corrected chi connectivity index (χ4v) is 4.82. The number of benzene rings is 1. The van der Waals surface area contributed by atoms with Crippen molar-refractivity contribution in [3.05, 3.63) is 59.0 Å². The SMILES string of the molecule is Cc1ccc(C[S@](=O)Cc2ccc(C(=O)N[C@@H]3CCC[C@H](C)[C@H]3C)o2)cc1. The summed E-state index contributed by atoms with van der Waals surface area (Å²) >= 11 is 0. The number of carbonyl (C=O) groups excluding carboxylic acids is 1. The molecule has 27 heavy (non-hydrogen) atoms. The summed E-state index contributed by atoms with van der Waals surface area (Å²) in [4.78, 5) is 12.5. The largest absolute Gasteiger partial charge is 0.455 e. The zero-order chi connectivity index (χ0) is 19.4. The van der Waals surface area contributed by atoms with Crippen LogP contribution in [0.1, 0.15) is 60.6 Å². The van der Waals surface area contributed by atoms with Gasteiger partial charge in [-0.15, -0.1) is 0 Å². The molecule has 1 N–H and O–H groups in total. The van der Waals surface area contributed by atoms with Crippen molar-refractivity contribution < 1.29 is 13.4 Å². The van der Waals surface area contributed by atoms with E-state index in [1.165, 1.54) is 12.0 Å². The lowest BCUT2D eigenvalue weighted by Gasteiger charge is -2.34. The molecule has 1 heterocycles. The Morgan fingerprint density at radius 1 is 1.11 bits per heavy atom. The highest BCUT2D eigenvalue weighted by Gasteiger charge is 2.29. The molecule has 4 nitrogen and oxygen atoms in total. The number of hydrogen-bond acceptors (Lipinski definition) is 3. The molecule has 146 valence electrons. The minimum atomic E-state index is -1.07. The van der Waals surface area contributed by atoms with Crippen molar-refractivity contribution in [2.24, 2.45) is 11.8 Å². The number of amides is 1. The molecule has 1 aromatic heterocycles. The Morgan fingerprint density at radius 2 is 1.85 bits per heavy atom. The van der Waals surface area contributed by atoms with Crippen LogP contribution in [-0.2, 0) is 22.3 Å². The zero-order valence-electron chi connectivity index (χ0n) is 16.4. The van der Waals surface area contributed by atoms with Crippen LogP contribution in [0.2, 0.25) is 0 Å². The van der Waals surface area contributed by atoms with Gasteiger partial charge >= 0.3 is 0 Å². The number of rotatable bonds is 6. The van der Waals surface area contributed by atoms with Crippen LogP contribution < -0.4 is 5.32 Å². The number of carbonyl (C=O) groups is 1. The average Bonchev–Trinajstić information content (AvgIpc) is 3.09. The molecule has 5 heteroatoms. The molecule has 3 rings (SSSR count). The molecule has 1 amide bonds. The van der Waals surface area contributed by atoms with Gasteiger partial charge in [-0.05, 0) is 42.9 Å². The van der Waals surface area contributed by atoms with Gasteiger partial charge in [-0.3, -0.25) is 9.00 Å². The molecule has 0 unspecified atom stereocenters. The second-order valence-electron chi connectivity index (χ2n) is 7.83. The van der Waals surface area contributed by atoms with Crippen molar-refractivity contribution in [2.75, 3.05) is 0 Å². The molecular formula is C22H29NO3S. The van der Waals surface area contributed by atoms with Gasteiger partial charge in [0.25, 0.3) is 5.91 Å². The Bertz CT molecular complexity index is 796. The molecule has 4 atom stereocenters. The maximum atomic E-state index is 12.5. The van der Waals surface area contributed by atoms with Crippen molar-refractivity contribution in [2.45, 2.75) is 57.6 Å². The van der Waals surface area contributed by atoms with Crippen LogP contribution in [0.4, 0.5) is 0 Å². The van der Waals surface area contributed by atoms with Gasteiger partial charge in [0.05, 0.1) is 5.75 Å². The first-order valence-electron chi connectivity index (χ1n) is 9.72. The highest BCUT2D eigenvalue weighted by molar-refractivity contribution is 7.83. The summed E-state index contributed by atoms with van der Waals surface area (Å²) in [6.45, 7) is 6.48. The summed E-state index contributed by atoms with van der Waals surface area (Å²) in [5.41, 5.74) is 2.23. The summed E-state index contributed by atoms with van der Waals surface area (Å²) in [5, 5.41) is 3.12. The first kappa shape index (κ1) is 19.9. The lowest BCUT2D eigenvalue weighted by atomic mass is 9.78. The Morgan fingerprint density at radius 3 is 2.59 bits per heavy atom. The normalized spacial score (nSPS) is 23.7. The number of furan rings is 1. The lowest BCUT2D eigenvalue weighted by molar-refractivity contribution is 0.0861. The molecule has 1 saturated carbocycles. The quantitative estimate of drug-likeness (QED) is 0.788. The molecule has 0 spiro atoms. The summed E-state index contributed by atoms with van der Waals surface area (Å²) in [6.07, 6.45) is 3.40. The van der Waals surface area contributed by atoms with Crippen molar-refractivity contribution >= 4 is 16.7 Å². The van der Waals surface area contributed by atoms with Gasteiger partial charge in [0, 0.05) is 22.6 Å². The van der Waals surface area contributed by atoms with Crippen molar-refractivity contribution in [1.29, 1.82) is 0 Å². The predicted octanol–water partition coefficient (Wildman–Crippen LogP) is 4.59. The molecule has 0 aliphatic heterocycles. The standard InChI is InChI=1S/C22H29NO3S/c1-15-7-9-18(10-8-15)13-27(25)14-19-11-12-21(26-19)22(24)23-20-6-4-5-16(2)17(20)3/h7-12,16-17,20H,4-6,13-14H2,1-3H3,(H,23,24)/t16-,17+,20+,27-/m0/s1. The topological polar surface area (TPSA) is 59.3 Å². The molecule has 1 aromatic carbocycles. The van der Waals surface area contributed by atoms with Gasteiger partial charge in [-0.25, -0.2) is 0 Å². The molecule has 2 aromatic rings. The Labute approximate surface area is 164 Å². The van der Waals surface area contributed by atoms with Crippen LogP contribution in [0.15, 0.2) is 40.8 Å². The molecule has 0 saturated heterocycles. The fourth-order valence-electron chi connectivity index (χ4n) is 3.68. The van der Waals surface area contributed by atoms with Gasteiger partial charge in [0.15, 0.2) is 5.76 Å². The first-order chi connectivity index (χ1) is 12.9. The third kappa shape index (κ3) is 5.32. The van der Waals surface area contributed by atoms with Gasteiger partial charge in [0.2, 0.25) is 0 Å². The molecule has 0 bridgehead atoms. The van der Waals surface area contributed by atoms with E-state index in [9.17, 15) is 9.00 Å². The lowest BCUT2D eigenvalue weighted by Crippen LogP contribution is -2.43. The molecule has 0 radical (unpaired) electrons. The summed E-state index contributed by atoms with van der Waals surface area (Å²) in [6, 6.07) is 11.7. The van der Waals surface area contributed by atoms with Crippen LogP contribution in [0.3, 0.4) is 0 Å². The predicted molar refractivity (Wildman–Crippen MR) is 109 cm³/mol. The van der Waals surface area contributed by atoms with Crippen molar-refractivity contribution in [1.82, 2.24) is 5.32 Å². The Balaban J connectivity index is 1.55. The summed E-state index contributed by atoms with van der Waals surface area (Å²) < 4.78 is 18.1. The Hall–Kier alpha value is -1.88. The van der Waals surface area contributed by atoms with Gasteiger partial charge in [-0.1, -0.05) is 56.5 Å². The maximum Gasteiger partial charge on any atom is 0.287 e.